The maximum atomic E-state index is 4.60. The van der Waals surface area contributed by atoms with E-state index in [1.165, 1.54) is 30.3 Å². The topological polar surface area (TPSA) is 37.0 Å². The number of pyridine rings is 1. The van der Waals surface area contributed by atoms with Crippen molar-refractivity contribution in [3.63, 3.8) is 0 Å². The molecular weight excluding hydrogens is 234 g/mol. The van der Waals surface area contributed by atoms with E-state index in [1.807, 2.05) is 6.07 Å². The molecular formula is C16H21N3. The summed E-state index contributed by atoms with van der Waals surface area (Å²) in [5, 5.41) is 8.41. The second kappa shape index (κ2) is 5.57. The zero-order valence-electron chi connectivity index (χ0n) is 11.4. The largest absolute Gasteiger partial charge is 0.382 e. The monoisotopic (exact) mass is 255 g/mol. The number of aryl methyl sites for hydroxylation is 1. The van der Waals surface area contributed by atoms with Crippen LogP contribution >= 0.6 is 0 Å². The summed E-state index contributed by atoms with van der Waals surface area (Å²) in [4.78, 5) is 4.60. The summed E-state index contributed by atoms with van der Waals surface area (Å²) in [7, 11) is 0. The number of hydrogen-bond acceptors (Lipinski definition) is 3. The molecule has 1 unspecified atom stereocenters. The molecule has 0 saturated carbocycles. The van der Waals surface area contributed by atoms with Crippen LogP contribution < -0.4 is 10.6 Å². The molecule has 3 heteroatoms. The van der Waals surface area contributed by atoms with Crippen molar-refractivity contribution in [2.24, 2.45) is 0 Å². The number of para-hydroxylation sites is 1. The molecule has 1 aromatic heterocycles. The molecule has 0 radical (unpaired) electrons. The van der Waals surface area contributed by atoms with Crippen LogP contribution in [0, 0.1) is 6.92 Å². The Kier molecular flexibility index (Phi) is 3.65. The molecule has 1 fully saturated rings. The van der Waals surface area contributed by atoms with Gasteiger partial charge < -0.3 is 10.6 Å². The van der Waals surface area contributed by atoms with Crippen LogP contribution in [0.2, 0.25) is 0 Å². The van der Waals surface area contributed by atoms with Crippen molar-refractivity contribution >= 4 is 16.6 Å². The molecule has 2 aromatic rings. The molecule has 1 aliphatic rings. The highest BCUT2D eigenvalue weighted by Crippen LogP contribution is 2.25. The van der Waals surface area contributed by atoms with Gasteiger partial charge in [-0.1, -0.05) is 18.2 Å². The number of anilines is 1. The van der Waals surface area contributed by atoms with Gasteiger partial charge >= 0.3 is 0 Å². The third-order valence-electron chi connectivity index (χ3n) is 3.78. The second-order valence-electron chi connectivity index (χ2n) is 5.35. The van der Waals surface area contributed by atoms with Gasteiger partial charge in [0.25, 0.3) is 0 Å². The number of nitrogens with zero attached hydrogens (tertiary/aromatic N) is 1. The van der Waals surface area contributed by atoms with Gasteiger partial charge in [-0.05, 0) is 51.4 Å². The van der Waals surface area contributed by atoms with Gasteiger partial charge in [0.1, 0.15) is 0 Å². The van der Waals surface area contributed by atoms with Crippen LogP contribution in [-0.4, -0.2) is 24.1 Å². The summed E-state index contributed by atoms with van der Waals surface area (Å²) in [6.45, 7) is 4.32. The van der Waals surface area contributed by atoms with Crippen LogP contribution in [0.25, 0.3) is 10.9 Å². The third kappa shape index (κ3) is 2.87. The van der Waals surface area contributed by atoms with Crippen LogP contribution in [0.3, 0.4) is 0 Å². The molecule has 0 amide bonds. The van der Waals surface area contributed by atoms with E-state index in [0.717, 1.165) is 24.3 Å². The minimum absolute atomic E-state index is 0.570. The first-order valence-electron chi connectivity index (χ1n) is 7.16. The molecule has 1 saturated heterocycles. The lowest BCUT2D eigenvalue weighted by Crippen LogP contribution is -2.21. The summed E-state index contributed by atoms with van der Waals surface area (Å²) in [6, 6.07) is 11.1. The van der Waals surface area contributed by atoms with E-state index < -0.39 is 0 Å². The summed E-state index contributed by atoms with van der Waals surface area (Å²) in [5.74, 6) is 0. The van der Waals surface area contributed by atoms with E-state index >= 15 is 0 Å². The van der Waals surface area contributed by atoms with E-state index in [-0.39, 0.29) is 0 Å². The van der Waals surface area contributed by atoms with Crippen molar-refractivity contribution in [1.82, 2.24) is 10.3 Å². The van der Waals surface area contributed by atoms with Crippen LogP contribution in [0.1, 0.15) is 25.0 Å². The van der Waals surface area contributed by atoms with E-state index in [9.17, 15) is 0 Å². The number of nitrogens with one attached hydrogen (secondary N) is 2. The average molecular weight is 255 g/mol. The lowest BCUT2D eigenvalue weighted by Gasteiger charge is -2.19. The maximum absolute atomic E-state index is 4.60. The van der Waals surface area contributed by atoms with E-state index in [2.05, 4.69) is 46.8 Å². The van der Waals surface area contributed by atoms with E-state index in [0.29, 0.717) is 6.04 Å². The maximum Gasteiger partial charge on any atom is 0.0725 e. The molecule has 1 aliphatic heterocycles. The van der Waals surface area contributed by atoms with Gasteiger partial charge in [-0.3, -0.25) is 4.98 Å². The molecule has 1 aromatic carbocycles. The number of hydrogen-bond donors (Lipinski definition) is 2. The highest BCUT2D eigenvalue weighted by molar-refractivity contribution is 5.91. The lowest BCUT2D eigenvalue weighted by molar-refractivity contribution is 0.638. The van der Waals surface area contributed by atoms with Crippen LogP contribution in [0.15, 0.2) is 30.3 Å². The predicted octanol–water partition coefficient (Wildman–Crippen LogP) is 3.10. The second-order valence-corrected chi connectivity index (χ2v) is 5.35. The van der Waals surface area contributed by atoms with Crippen LogP contribution in [0.5, 0.6) is 0 Å². The van der Waals surface area contributed by atoms with Crippen LogP contribution in [-0.2, 0) is 0 Å². The van der Waals surface area contributed by atoms with Crippen molar-refractivity contribution in [3.05, 3.63) is 36.0 Å². The number of aromatic nitrogens is 1. The number of benzene rings is 1. The number of rotatable bonds is 2. The van der Waals surface area contributed by atoms with Crippen molar-refractivity contribution < 1.29 is 0 Å². The Morgan fingerprint density at radius 3 is 3.05 bits per heavy atom. The van der Waals surface area contributed by atoms with E-state index in [1.54, 1.807) is 0 Å². The molecule has 0 aliphatic carbocycles. The average Bonchev–Trinajstić information content (AvgIpc) is 2.67. The first kappa shape index (κ1) is 12.4. The van der Waals surface area contributed by atoms with Gasteiger partial charge in [-0.15, -0.1) is 0 Å². The zero-order valence-corrected chi connectivity index (χ0v) is 11.4. The highest BCUT2D eigenvalue weighted by Gasteiger charge is 2.13. The van der Waals surface area contributed by atoms with Crippen molar-refractivity contribution in [2.75, 3.05) is 18.4 Å². The Bertz CT molecular complexity index is 557. The van der Waals surface area contributed by atoms with Gasteiger partial charge in [-0.25, -0.2) is 0 Å². The first-order valence-corrected chi connectivity index (χ1v) is 7.16. The zero-order chi connectivity index (χ0) is 13.1. The highest BCUT2D eigenvalue weighted by atomic mass is 15.0. The minimum atomic E-state index is 0.570. The van der Waals surface area contributed by atoms with Crippen molar-refractivity contribution in [3.8, 4) is 0 Å². The predicted molar refractivity (Wildman–Crippen MR) is 80.6 cm³/mol. The molecule has 0 bridgehead atoms. The Balaban J connectivity index is 1.90. The Labute approximate surface area is 114 Å². The minimum Gasteiger partial charge on any atom is -0.382 e. The fraction of sp³-hybridized carbons (Fsp3) is 0.438. The number of fused-ring (bicyclic) bond motifs is 1. The van der Waals surface area contributed by atoms with Gasteiger partial charge in [0.15, 0.2) is 0 Å². The van der Waals surface area contributed by atoms with Gasteiger partial charge in [0.05, 0.1) is 5.52 Å². The molecule has 0 spiro atoms. The van der Waals surface area contributed by atoms with Gasteiger partial charge in [0, 0.05) is 22.8 Å². The third-order valence-corrected chi connectivity index (χ3v) is 3.78. The molecule has 19 heavy (non-hydrogen) atoms. The van der Waals surface area contributed by atoms with E-state index in [4.69, 9.17) is 0 Å². The smallest absolute Gasteiger partial charge is 0.0725 e. The fourth-order valence-electron chi connectivity index (χ4n) is 2.81. The molecule has 1 atom stereocenters. The Morgan fingerprint density at radius 1 is 1.21 bits per heavy atom. The lowest BCUT2D eigenvalue weighted by atomic mass is 10.1. The standard InChI is InChI=1S/C16H21N3/c1-12-11-16(14-6-2-3-7-15(14)18-12)19-13-5-4-9-17-10-8-13/h2-3,6-7,11,13,17H,4-5,8-10H2,1H3,(H,18,19). The quantitative estimate of drug-likeness (QED) is 0.866. The Hall–Kier alpha value is -1.61. The normalized spacial score (nSPS) is 20.2. The van der Waals surface area contributed by atoms with Gasteiger partial charge in [-0.2, -0.15) is 0 Å². The summed E-state index contributed by atoms with van der Waals surface area (Å²) in [5.41, 5.74) is 3.39. The Morgan fingerprint density at radius 2 is 2.11 bits per heavy atom. The fourth-order valence-corrected chi connectivity index (χ4v) is 2.81. The molecule has 100 valence electrons. The van der Waals surface area contributed by atoms with Crippen LogP contribution in [0.4, 0.5) is 5.69 Å². The van der Waals surface area contributed by atoms with Crippen molar-refractivity contribution in [2.45, 2.75) is 32.2 Å². The summed E-state index contributed by atoms with van der Waals surface area (Å²) >= 11 is 0. The molecule has 3 nitrogen and oxygen atoms in total. The first-order chi connectivity index (χ1) is 9.33. The molecule has 2 N–H and O–H groups in total. The van der Waals surface area contributed by atoms with Crippen molar-refractivity contribution in [1.29, 1.82) is 0 Å². The summed E-state index contributed by atoms with van der Waals surface area (Å²) in [6.07, 6.45) is 3.68. The van der Waals surface area contributed by atoms with Gasteiger partial charge in [0.2, 0.25) is 0 Å². The molecule has 3 rings (SSSR count). The molecule has 2 heterocycles. The summed E-state index contributed by atoms with van der Waals surface area (Å²) < 4.78 is 0. The SMILES string of the molecule is Cc1cc(NC2CCCNCC2)c2ccccc2n1.